The molecule has 0 aromatic heterocycles. The molecule has 0 N–H and O–H groups in total. The largest absolute Gasteiger partial charge is 0.426 e. The molecule has 5 nitrogen and oxygen atoms in total. The molecular weight excluding hydrogens is 339 g/mol. The Hall–Kier alpha value is -0.710. The Balaban J connectivity index is 1.76. The van der Waals surface area contributed by atoms with E-state index in [-0.39, 0.29) is 16.2 Å². The first-order chi connectivity index (χ1) is 11.6. The molecule has 25 heavy (non-hydrogen) atoms. The highest BCUT2D eigenvalue weighted by atomic mass is 31.2. The van der Waals surface area contributed by atoms with Crippen LogP contribution in [-0.4, -0.2) is 26.4 Å². The quantitative estimate of drug-likeness (QED) is 0.550. The molecule has 2 heterocycles. The molecule has 0 bridgehead atoms. The summed E-state index contributed by atoms with van der Waals surface area (Å²) in [7, 11) is -1.40. The Labute approximate surface area is 151 Å². The zero-order valence-corrected chi connectivity index (χ0v) is 16.9. The lowest BCUT2D eigenvalue weighted by Gasteiger charge is -2.34. The van der Waals surface area contributed by atoms with Gasteiger partial charge in [-0.05, 0) is 22.5 Å². The van der Waals surface area contributed by atoms with E-state index in [1.165, 1.54) is 11.1 Å². The third-order valence-electron chi connectivity index (χ3n) is 4.59. The van der Waals surface area contributed by atoms with E-state index in [1.54, 1.807) is 0 Å². The second kappa shape index (κ2) is 6.79. The predicted octanol–water partition coefficient (Wildman–Crippen LogP) is 4.88. The van der Waals surface area contributed by atoms with Crippen LogP contribution in [0, 0.1) is 5.41 Å². The van der Waals surface area contributed by atoms with Gasteiger partial charge >= 0.3 is 8.60 Å². The topological polar surface area (TPSA) is 46.2 Å². The summed E-state index contributed by atoms with van der Waals surface area (Å²) >= 11 is 0. The lowest BCUT2D eigenvalue weighted by Crippen LogP contribution is -2.38. The maximum Gasteiger partial charge on any atom is 0.397 e. The first-order valence-corrected chi connectivity index (χ1v) is 9.82. The van der Waals surface area contributed by atoms with Gasteiger partial charge in [-0.2, -0.15) is 0 Å². The molecule has 0 atom stereocenters. The summed E-state index contributed by atoms with van der Waals surface area (Å²) in [4.78, 5) is 10.0. The lowest BCUT2D eigenvalue weighted by molar-refractivity contribution is -0.248. The van der Waals surface area contributed by atoms with Gasteiger partial charge in [-0.25, -0.2) is 9.78 Å². The monoisotopic (exact) mass is 368 g/mol. The van der Waals surface area contributed by atoms with Gasteiger partial charge in [-0.1, -0.05) is 53.7 Å². The molecular formula is C19H29O5P. The molecule has 0 unspecified atom stereocenters. The van der Waals surface area contributed by atoms with E-state index in [0.29, 0.717) is 26.4 Å². The summed E-state index contributed by atoms with van der Waals surface area (Å²) < 4.78 is 17.8. The van der Waals surface area contributed by atoms with Crippen molar-refractivity contribution >= 4 is 8.60 Å². The molecule has 0 saturated carbocycles. The van der Waals surface area contributed by atoms with Gasteiger partial charge in [0.15, 0.2) is 0 Å². The molecule has 2 fully saturated rings. The van der Waals surface area contributed by atoms with Crippen LogP contribution in [0.2, 0.25) is 0 Å². The molecule has 1 spiro atoms. The van der Waals surface area contributed by atoms with Gasteiger partial charge in [0, 0.05) is 5.56 Å². The number of benzene rings is 1. The van der Waals surface area contributed by atoms with Gasteiger partial charge in [-0.15, -0.1) is 0 Å². The van der Waals surface area contributed by atoms with Crippen molar-refractivity contribution in [2.45, 2.75) is 52.4 Å². The van der Waals surface area contributed by atoms with Crippen molar-refractivity contribution in [1.29, 1.82) is 0 Å². The highest BCUT2D eigenvalue weighted by Gasteiger charge is 2.44. The number of hydrogen-bond donors (Lipinski definition) is 0. The fourth-order valence-corrected chi connectivity index (χ4v) is 4.05. The smallest absolute Gasteiger partial charge is 0.397 e. The Kier molecular flexibility index (Phi) is 5.18. The average molecular weight is 368 g/mol. The van der Waals surface area contributed by atoms with E-state index >= 15 is 0 Å². The minimum Gasteiger partial charge on any atom is -0.426 e. The SMILES string of the molecule is CC(C)(C)c1ccc(OP2OCC3(COOC3)CO2)c(C(C)(C)C)c1. The van der Waals surface area contributed by atoms with E-state index in [1.807, 2.05) is 6.07 Å². The zero-order chi connectivity index (χ0) is 18.3. The normalized spacial score (nSPS) is 21.7. The molecule has 1 aromatic carbocycles. The molecule has 6 heteroatoms. The second-order valence-electron chi connectivity index (χ2n) is 9.10. The molecule has 0 aliphatic carbocycles. The lowest BCUT2D eigenvalue weighted by atomic mass is 9.80. The average Bonchev–Trinajstić information content (AvgIpc) is 2.96. The van der Waals surface area contributed by atoms with Crippen molar-refractivity contribution in [3.05, 3.63) is 29.3 Å². The first-order valence-electron chi connectivity index (χ1n) is 8.73. The molecule has 2 aliphatic rings. The van der Waals surface area contributed by atoms with Gasteiger partial charge in [0.25, 0.3) is 0 Å². The fourth-order valence-electron chi connectivity index (χ4n) is 2.80. The standard InChI is InChI=1S/C19H29O5P/c1-17(2,3)14-7-8-16(15(9-14)18(4,5)6)24-25-22-12-19(13-23-25)10-20-21-11-19/h7-9H,10-13H2,1-6H3. The van der Waals surface area contributed by atoms with Crippen molar-refractivity contribution in [3.63, 3.8) is 0 Å². The van der Waals surface area contributed by atoms with Crippen LogP contribution >= 0.6 is 8.60 Å². The highest BCUT2D eigenvalue weighted by Crippen LogP contribution is 2.50. The van der Waals surface area contributed by atoms with E-state index in [4.69, 9.17) is 23.3 Å². The Morgan fingerprint density at radius 1 is 0.880 bits per heavy atom. The molecule has 2 aliphatic heterocycles. The Morgan fingerprint density at radius 3 is 2.00 bits per heavy atom. The van der Waals surface area contributed by atoms with Crippen molar-refractivity contribution in [1.82, 2.24) is 0 Å². The van der Waals surface area contributed by atoms with Crippen LogP contribution in [0.25, 0.3) is 0 Å². The van der Waals surface area contributed by atoms with Crippen LogP contribution in [0.4, 0.5) is 0 Å². The Morgan fingerprint density at radius 2 is 1.48 bits per heavy atom. The van der Waals surface area contributed by atoms with Gasteiger partial charge < -0.3 is 13.6 Å². The van der Waals surface area contributed by atoms with Crippen LogP contribution in [0.1, 0.15) is 52.7 Å². The molecule has 0 amide bonds. The molecule has 1 aromatic rings. The van der Waals surface area contributed by atoms with Crippen molar-refractivity contribution < 1.29 is 23.3 Å². The number of hydrogen-bond acceptors (Lipinski definition) is 5. The van der Waals surface area contributed by atoms with Crippen LogP contribution in [0.3, 0.4) is 0 Å². The second-order valence-corrected chi connectivity index (χ2v) is 10.2. The number of rotatable bonds is 2. The van der Waals surface area contributed by atoms with Crippen LogP contribution in [0.5, 0.6) is 5.75 Å². The summed E-state index contributed by atoms with van der Waals surface area (Å²) in [5, 5.41) is 0. The molecule has 140 valence electrons. The highest BCUT2D eigenvalue weighted by molar-refractivity contribution is 7.42. The van der Waals surface area contributed by atoms with Crippen LogP contribution in [0.15, 0.2) is 18.2 Å². The van der Waals surface area contributed by atoms with E-state index in [0.717, 1.165) is 5.75 Å². The minimum absolute atomic E-state index is 0.0317. The molecule has 3 rings (SSSR count). The third kappa shape index (κ3) is 4.35. The van der Waals surface area contributed by atoms with Crippen molar-refractivity contribution in [2.75, 3.05) is 26.4 Å². The Bertz CT molecular complexity index is 601. The van der Waals surface area contributed by atoms with Crippen molar-refractivity contribution in [3.8, 4) is 5.75 Å². The maximum atomic E-state index is 6.12. The molecule has 2 saturated heterocycles. The third-order valence-corrected chi connectivity index (χ3v) is 5.62. The van der Waals surface area contributed by atoms with E-state index in [9.17, 15) is 0 Å². The first kappa shape index (κ1) is 19.1. The maximum absolute atomic E-state index is 6.12. The fraction of sp³-hybridized carbons (Fsp3) is 0.684. The van der Waals surface area contributed by atoms with E-state index < -0.39 is 8.60 Å². The van der Waals surface area contributed by atoms with Crippen LogP contribution in [-0.2, 0) is 29.7 Å². The summed E-state index contributed by atoms with van der Waals surface area (Å²) in [5.74, 6) is 0.835. The summed E-state index contributed by atoms with van der Waals surface area (Å²) in [5.41, 5.74) is 2.34. The minimum atomic E-state index is -1.40. The molecule has 0 radical (unpaired) electrons. The predicted molar refractivity (Wildman–Crippen MR) is 97.6 cm³/mol. The van der Waals surface area contributed by atoms with E-state index in [2.05, 4.69) is 53.7 Å². The zero-order valence-electron chi connectivity index (χ0n) is 16.0. The summed E-state index contributed by atoms with van der Waals surface area (Å²) in [6.07, 6.45) is 0. The van der Waals surface area contributed by atoms with Gasteiger partial charge in [-0.3, -0.25) is 0 Å². The van der Waals surface area contributed by atoms with Crippen LogP contribution < -0.4 is 4.52 Å². The van der Waals surface area contributed by atoms with Crippen molar-refractivity contribution in [2.24, 2.45) is 5.41 Å². The summed E-state index contributed by atoms with van der Waals surface area (Å²) in [6, 6.07) is 6.42. The van der Waals surface area contributed by atoms with Gasteiger partial charge in [0.1, 0.15) is 5.75 Å². The summed E-state index contributed by atoms with van der Waals surface area (Å²) in [6.45, 7) is 15.3. The van der Waals surface area contributed by atoms with Gasteiger partial charge in [0.2, 0.25) is 0 Å². The van der Waals surface area contributed by atoms with Gasteiger partial charge in [0.05, 0.1) is 31.8 Å².